The van der Waals surface area contributed by atoms with Crippen molar-refractivity contribution in [2.75, 3.05) is 24.5 Å². The minimum absolute atomic E-state index is 0.0313. The molecule has 0 bridgehead atoms. The number of methoxy groups -OCH3 is 1. The molecule has 3 rings (SSSR count). The second-order valence-electron chi connectivity index (χ2n) is 8.25. The molecule has 0 aliphatic heterocycles. The number of rotatable bonds is 11. The van der Waals surface area contributed by atoms with Gasteiger partial charge >= 0.3 is 0 Å². The Bertz CT molecular complexity index is 1330. The topological polar surface area (TPSA) is 96.0 Å². The van der Waals surface area contributed by atoms with Crippen LogP contribution >= 0.6 is 11.6 Å². The van der Waals surface area contributed by atoms with Crippen LogP contribution < -0.4 is 14.4 Å². The molecule has 37 heavy (non-hydrogen) atoms. The number of sulfonamides is 1. The summed E-state index contributed by atoms with van der Waals surface area (Å²) in [5.74, 6) is -0.470. The van der Waals surface area contributed by atoms with Gasteiger partial charge in [-0.1, -0.05) is 48.0 Å². The van der Waals surface area contributed by atoms with Gasteiger partial charge in [-0.2, -0.15) is 0 Å². The molecule has 0 spiro atoms. The van der Waals surface area contributed by atoms with E-state index >= 15 is 0 Å². The summed E-state index contributed by atoms with van der Waals surface area (Å²) in [5.41, 5.74) is 0.959. The molecule has 0 fully saturated rings. The molecule has 0 radical (unpaired) electrons. The van der Waals surface area contributed by atoms with Crippen LogP contribution in [0.15, 0.2) is 83.8 Å². The van der Waals surface area contributed by atoms with Crippen molar-refractivity contribution in [1.82, 2.24) is 10.2 Å². The van der Waals surface area contributed by atoms with Crippen molar-refractivity contribution in [1.29, 1.82) is 0 Å². The average Bonchev–Trinajstić information content (AvgIpc) is 2.90. The third kappa shape index (κ3) is 7.02. The number of hydrogen-bond acceptors (Lipinski definition) is 5. The zero-order valence-electron chi connectivity index (χ0n) is 20.9. The van der Waals surface area contributed by atoms with Crippen LogP contribution in [0, 0.1) is 0 Å². The fraction of sp³-hybridized carbons (Fsp3) is 0.259. The number of carbonyl (C=O) groups excluding carboxylic acids is 2. The third-order valence-electron chi connectivity index (χ3n) is 5.71. The Balaban J connectivity index is 2.04. The van der Waals surface area contributed by atoms with Crippen LogP contribution in [-0.4, -0.2) is 51.4 Å². The highest BCUT2D eigenvalue weighted by Gasteiger charge is 2.32. The van der Waals surface area contributed by atoms with Gasteiger partial charge in [0.05, 0.1) is 17.7 Å². The smallest absolute Gasteiger partial charge is 0.264 e. The first-order chi connectivity index (χ1) is 17.7. The normalized spacial score (nSPS) is 11.9. The van der Waals surface area contributed by atoms with E-state index in [-0.39, 0.29) is 23.0 Å². The molecule has 0 heterocycles. The van der Waals surface area contributed by atoms with Crippen LogP contribution in [0.5, 0.6) is 5.75 Å². The van der Waals surface area contributed by atoms with Gasteiger partial charge in [0.15, 0.2) is 0 Å². The molecule has 2 amide bonds. The molecule has 3 aromatic carbocycles. The zero-order valence-corrected chi connectivity index (χ0v) is 22.5. The van der Waals surface area contributed by atoms with Crippen LogP contribution in [-0.2, 0) is 26.2 Å². The Morgan fingerprint density at radius 2 is 1.70 bits per heavy atom. The van der Waals surface area contributed by atoms with Crippen molar-refractivity contribution >= 4 is 39.1 Å². The summed E-state index contributed by atoms with van der Waals surface area (Å²) in [6.07, 6.45) is 0. The molecule has 0 aliphatic carbocycles. The fourth-order valence-corrected chi connectivity index (χ4v) is 5.39. The van der Waals surface area contributed by atoms with Gasteiger partial charge in [-0.05, 0) is 55.8 Å². The number of hydrogen-bond donors (Lipinski definition) is 1. The molecule has 0 unspecified atom stereocenters. The highest BCUT2D eigenvalue weighted by molar-refractivity contribution is 7.92. The van der Waals surface area contributed by atoms with Crippen molar-refractivity contribution in [3.63, 3.8) is 0 Å². The van der Waals surface area contributed by atoms with Crippen LogP contribution in [0.1, 0.15) is 19.4 Å². The predicted octanol–water partition coefficient (Wildman–Crippen LogP) is 4.10. The lowest BCUT2D eigenvalue weighted by Crippen LogP contribution is -2.51. The summed E-state index contributed by atoms with van der Waals surface area (Å²) < 4.78 is 33.7. The summed E-state index contributed by atoms with van der Waals surface area (Å²) in [6, 6.07) is 20.4. The molecule has 196 valence electrons. The van der Waals surface area contributed by atoms with Gasteiger partial charge in [0.2, 0.25) is 11.8 Å². The summed E-state index contributed by atoms with van der Waals surface area (Å²) >= 11 is 6.14. The van der Waals surface area contributed by atoms with E-state index < -0.39 is 28.5 Å². The number of halogens is 1. The van der Waals surface area contributed by atoms with E-state index in [4.69, 9.17) is 16.3 Å². The second-order valence-corrected chi connectivity index (χ2v) is 10.5. The molecule has 3 aromatic rings. The van der Waals surface area contributed by atoms with Crippen LogP contribution in [0.3, 0.4) is 0 Å². The molecule has 1 atom stereocenters. The van der Waals surface area contributed by atoms with Gasteiger partial charge in [0, 0.05) is 24.2 Å². The minimum atomic E-state index is -4.13. The highest BCUT2D eigenvalue weighted by atomic mass is 35.5. The summed E-state index contributed by atoms with van der Waals surface area (Å²) in [6.45, 7) is 3.31. The number of ether oxygens (including phenoxy) is 1. The lowest BCUT2D eigenvalue weighted by molar-refractivity contribution is -0.139. The van der Waals surface area contributed by atoms with E-state index in [9.17, 15) is 18.0 Å². The van der Waals surface area contributed by atoms with Gasteiger partial charge < -0.3 is 15.0 Å². The fourth-order valence-electron chi connectivity index (χ4n) is 3.75. The number of anilines is 1. The highest BCUT2D eigenvalue weighted by Crippen LogP contribution is 2.27. The Morgan fingerprint density at radius 3 is 2.35 bits per heavy atom. The van der Waals surface area contributed by atoms with Gasteiger partial charge in [0.25, 0.3) is 10.0 Å². The van der Waals surface area contributed by atoms with Crippen molar-refractivity contribution in [3.05, 3.63) is 89.4 Å². The van der Waals surface area contributed by atoms with E-state index in [1.807, 2.05) is 0 Å². The number of amides is 2. The number of benzene rings is 3. The van der Waals surface area contributed by atoms with Crippen molar-refractivity contribution in [3.8, 4) is 5.75 Å². The summed E-state index contributed by atoms with van der Waals surface area (Å²) in [7, 11) is -2.66. The molecular weight excluding hydrogens is 514 g/mol. The molecule has 0 saturated heterocycles. The number of nitrogens with one attached hydrogen (secondary N) is 1. The molecule has 0 aliphatic rings. The monoisotopic (exact) mass is 543 g/mol. The Morgan fingerprint density at radius 1 is 1.00 bits per heavy atom. The predicted molar refractivity (Wildman–Crippen MR) is 144 cm³/mol. The minimum Gasteiger partial charge on any atom is -0.497 e. The summed E-state index contributed by atoms with van der Waals surface area (Å²) in [4.78, 5) is 27.9. The molecule has 0 aromatic heterocycles. The molecule has 10 heteroatoms. The summed E-state index contributed by atoms with van der Waals surface area (Å²) in [5, 5.41) is 3.21. The second kappa shape index (κ2) is 12.6. The third-order valence-corrected chi connectivity index (χ3v) is 7.73. The quantitative estimate of drug-likeness (QED) is 0.393. The number of nitrogens with zero attached hydrogens (tertiary/aromatic N) is 2. The number of likely N-dealkylation sites (N-methyl/N-ethyl adjacent to an activating group) is 1. The Labute approximate surface area is 222 Å². The van der Waals surface area contributed by atoms with Crippen LogP contribution in [0.25, 0.3) is 0 Å². The maximum atomic E-state index is 13.8. The van der Waals surface area contributed by atoms with E-state index in [0.29, 0.717) is 22.9 Å². The van der Waals surface area contributed by atoms with Gasteiger partial charge in [0.1, 0.15) is 18.3 Å². The SMILES string of the molecule is CCNC(=O)[C@@H](C)N(Cc1cccc(Cl)c1)C(=O)CN(c1cccc(OC)c1)S(=O)(=O)c1ccccc1. The van der Waals surface area contributed by atoms with Gasteiger partial charge in [-0.15, -0.1) is 0 Å². The first-order valence-electron chi connectivity index (χ1n) is 11.7. The van der Waals surface area contributed by atoms with E-state index in [0.717, 1.165) is 4.31 Å². The molecule has 1 N–H and O–H groups in total. The van der Waals surface area contributed by atoms with Crippen molar-refractivity contribution in [2.24, 2.45) is 0 Å². The number of carbonyl (C=O) groups is 2. The van der Waals surface area contributed by atoms with Crippen LogP contribution in [0.4, 0.5) is 5.69 Å². The van der Waals surface area contributed by atoms with E-state index in [1.165, 1.54) is 24.1 Å². The van der Waals surface area contributed by atoms with Gasteiger partial charge in [-0.25, -0.2) is 8.42 Å². The van der Waals surface area contributed by atoms with E-state index in [1.54, 1.807) is 80.6 Å². The average molecular weight is 544 g/mol. The first kappa shape index (κ1) is 28.0. The lowest BCUT2D eigenvalue weighted by atomic mass is 10.1. The lowest BCUT2D eigenvalue weighted by Gasteiger charge is -2.32. The maximum absolute atomic E-state index is 13.8. The largest absolute Gasteiger partial charge is 0.497 e. The molecule has 0 saturated carbocycles. The standard InChI is InChI=1S/C27H30ClN3O5S/c1-4-29-27(33)20(2)30(18-21-10-8-11-22(28)16-21)26(32)19-31(23-12-9-13-24(17-23)36-3)37(34,35)25-14-6-5-7-15-25/h5-17,20H,4,18-19H2,1-3H3,(H,29,33)/t20-/m1/s1. The molecular formula is C27H30ClN3O5S. The Hall–Kier alpha value is -3.56. The van der Waals surface area contributed by atoms with Crippen LogP contribution in [0.2, 0.25) is 5.02 Å². The van der Waals surface area contributed by atoms with Crippen molar-refractivity contribution < 1.29 is 22.7 Å². The van der Waals surface area contributed by atoms with Gasteiger partial charge in [-0.3, -0.25) is 13.9 Å². The molecule has 8 nitrogen and oxygen atoms in total. The van der Waals surface area contributed by atoms with Crippen molar-refractivity contribution in [2.45, 2.75) is 31.3 Å². The Kier molecular flexibility index (Phi) is 9.54. The first-order valence-corrected chi connectivity index (χ1v) is 13.5. The van der Waals surface area contributed by atoms with E-state index in [2.05, 4.69) is 5.32 Å². The maximum Gasteiger partial charge on any atom is 0.264 e. The zero-order chi connectivity index (χ0) is 27.0.